The number of aromatic amines is 1. The third-order valence-electron chi connectivity index (χ3n) is 24.7. The Hall–Kier alpha value is -8.61. The average Bonchev–Trinajstić information content (AvgIpc) is 1.61. The van der Waals surface area contributed by atoms with Gasteiger partial charge < -0.3 is 33.5 Å². The number of benzene rings is 4. The van der Waals surface area contributed by atoms with Crippen molar-refractivity contribution < 1.29 is 14.6 Å². The van der Waals surface area contributed by atoms with Crippen LogP contribution in [0.1, 0.15) is 189 Å². The Morgan fingerprint density at radius 3 is 1.34 bits per heavy atom. The molecule has 0 bridgehead atoms. The van der Waals surface area contributed by atoms with Gasteiger partial charge in [-0.15, -0.1) is 0 Å². The van der Waals surface area contributed by atoms with Gasteiger partial charge in [0.25, 0.3) is 0 Å². The molecule has 3 N–H and O–H groups in total. The molecule has 4 fully saturated rings. The van der Waals surface area contributed by atoms with Crippen molar-refractivity contribution in [2.24, 2.45) is 0 Å². The van der Waals surface area contributed by atoms with E-state index in [2.05, 4.69) is 165 Å². The molecule has 0 saturated carbocycles. The highest BCUT2D eigenvalue weighted by atomic mass is 19.1. The first-order chi connectivity index (χ1) is 50.7. The molecule has 15 nitrogen and oxygen atoms in total. The highest BCUT2D eigenvalue weighted by molar-refractivity contribution is 5.89. The number of aryl methyl sites for hydroxylation is 10. The number of nitrogens with one attached hydrogen (secondary N) is 1. The van der Waals surface area contributed by atoms with E-state index in [4.69, 9.17) is 4.98 Å². The minimum absolute atomic E-state index is 0.170. The summed E-state index contributed by atoms with van der Waals surface area (Å²) in [6.07, 6.45) is 24.7. The van der Waals surface area contributed by atoms with Crippen LogP contribution in [-0.2, 0) is 64.7 Å². The zero-order valence-corrected chi connectivity index (χ0v) is 61.8. The van der Waals surface area contributed by atoms with E-state index >= 15 is 0 Å². The van der Waals surface area contributed by atoms with Crippen LogP contribution in [0.25, 0.3) is 43.7 Å². The number of aromatic nitrogens is 9. The highest BCUT2D eigenvalue weighted by Gasteiger charge is 2.40. The van der Waals surface area contributed by atoms with Crippen molar-refractivity contribution in [2.45, 2.75) is 194 Å². The lowest BCUT2D eigenvalue weighted by molar-refractivity contribution is 0.151. The number of rotatable bonds is 12. The second kappa shape index (κ2) is 29.0. The largest absolute Gasteiger partial charge is 0.386 e. The maximum absolute atomic E-state index is 13.2. The van der Waals surface area contributed by atoms with E-state index in [1.807, 2.05) is 43.6 Å². The minimum Gasteiger partial charge on any atom is -0.386 e. The summed E-state index contributed by atoms with van der Waals surface area (Å²) in [7, 11) is 0. The predicted molar refractivity (Wildman–Crippen MR) is 414 cm³/mol. The fourth-order valence-corrected chi connectivity index (χ4v) is 19.7. The van der Waals surface area contributed by atoms with Gasteiger partial charge in [-0.1, -0.05) is 59.2 Å². The summed E-state index contributed by atoms with van der Waals surface area (Å²) in [6, 6.07) is 40.4. The number of pyridine rings is 3. The van der Waals surface area contributed by atoms with Crippen LogP contribution in [0.15, 0.2) is 140 Å². The van der Waals surface area contributed by atoms with Crippen molar-refractivity contribution in [3.8, 4) is 0 Å². The highest BCUT2D eigenvalue weighted by Crippen LogP contribution is 2.48. The number of aliphatic hydroxyl groups is 2. The lowest BCUT2D eigenvalue weighted by Crippen LogP contribution is -2.31. The molecule has 20 rings (SSSR count). The summed E-state index contributed by atoms with van der Waals surface area (Å²) < 4.78 is 23.0. The number of nitrogens with zero attached hydrogens (tertiary/aromatic N) is 12. The molecule has 0 spiro atoms. The first kappa shape index (κ1) is 68.5. The summed E-state index contributed by atoms with van der Waals surface area (Å²) in [4.78, 5) is 31.4. The number of hydrogen-bond acceptors (Lipinski definition) is 10. The van der Waals surface area contributed by atoms with Crippen LogP contribution < -0.4 is 0 Å². The second-order valence-corrected chi connectivity index (χ2v) is 31.4. The number of halogens is 1. The van der Waals surface area contributed by atoms with E-state index in [1.165, 1.54) is 196 Å². The summed E-state index contributed by atoms with van der Waals surface area (Å²) in [5, 5.41) is 27.2. The van der Waals surface area contributed by atoms with Crippen LogP contribution in [-0.4, -0.2) is 125 Å². The third kappa shape index (κ3) is 13.1. The summed E-state index contributed by atoms with van der Waals surface area (Å²) >= 11 is 0. The smallest absolute Gasteiger partial charge is 0.140 e. The Bertz CT molecular complexity index is 4920. The first-order valence-electron chi connectivity index (χ1n) is 39.0. The molecule has 6 unspecified atom stereocenters. The Morgan fingerprint density at radius 1 is 0.423 bits per heavy atom. The van der Waals surface area contributed by atoms with E-state index in [0.717, 1.165) is 93.1 Å². The minimum atomic E-state index is -0.565. The van der Waals surface area contributed by atoms with Gasteiger partial charge in [-0.25, -0.2) is 14.4 Å². The van der Waals surface area contributed by atoms with E-state index in [9.17, 15) is 14.6 Å². The molecule has 8 aliphatic heterocycles. The van der Waals surface area contributed by atoms with Gasteiger partial charge in [0.2, 0.25) is 0 Å². The molecule has 8 aliphatic rings. The van der Waals surface area contributed by atoms with Gasteiger partial charge in [-0.3, -0.25) is 29.6 Å². The summed E-state index contributed by atoms with van der Waals surface area (Å²) in [6.45, 7) is 25.4. The molecule has 16 heterocycles. The maximum atomic E-state index is 13.2. The Labute approximate surface area is 611 Å². The Balaban J connectivity index is 0.000000103. The average molecular weight is 1390 g/mol. The number of hydrogen-bond donors (Lipinski definition) is 3. The lowest BCUT2D eigenvalue weighted by atomic mass is 9.95. The molecule has 4 saturated heterocycles. The molecule has 0 radical (unpaired) electrons. The van der Waals surface area contributed by atoms with Crippen molar-refractivity contribution in [1.29, 1.82) is 0 Å². The van der Waals surface area contributed by atoms with E-state index in [1.54, 1.807) is 42.1 Å². The van der Waals surface area contributed by atoms with Gasteiger partial charge in [0, 0.05) is 186 Å². The molecular formula is C88H102FN13O2. The number of H-pyrrole nitrogens is 1. The van der Waals surface area contributed by atoms with Crippen LogP contribution in [0.3, 0.4) is 0 Å². The quantitative estimate of drug-likeness (QED) is 0.108. The molecule has 8 aromatic heterocycles. The normalized spacial score (nSPS) is 20.4. The number of aliphatic hydroxyl groups excluding tert-OH is 2. The molecule has 0 aliphatic carbocycles. The van der Waals surface area contributed by atoms with Crippen molar-refractivity contribution in [3.05, 3.63) is 247 Å². The zero-order valence-electron chi connectivity index (χ0n) is 61.8. The first-order valence-corrected chi connectivity index (χ1v) is 39.0. The van der Waals surface area contributed by atoms with Crippen LogP contribution >= 0.6 is 0 Å². The van der Waals surface area contributed by atoms with Crippen molar-refractivity contribution >= 4 is 43.7 Å². The fourth-order valence-electron chi connectivity index (χ4n) is 19.7. The molecular weight excluding hydrogens is 1290 g/mol. The van der Waals surface area contributed by atoms with Crippen molar-refractivity contribution in [3.63, 3.8) is 0 Å². The van der Waals surface area contributed by atoms with Crippen molar-refractivity contribution in [1.82, 2.24) is 62.8 Å². The van der Waals surface area contributed by atoms with E-state index in [0.29, 0.717) is 37.3 Å². The van der Waals surface area contributed by atoms with Gasteiger partial charge >= 0.3 is 0 Å². The summed E-state index contributed by atoms with van der Waals surface area (Å²) in [5.41, 5.74) is 28.6. The lowest BCUT2D eigenvalue weighted by Gasteiger charge is -2.31. The van der Waals surface area contributed by atoms with Gasteiger partial charge in [0.05, 0.1) is 37.4 Å². The van der Waals surface area contributed by atoms with E-state index < -0.39 is 12.2 Å². The summed E-state index contributed by atoms with van der Waals surface area (Å²) in [5.74, 6) is -0.170. The van der Waals surface area contributed by atoms with E-state index in [-0.39, 0.29) is 5.82 Å². The fraction of sp³-hybridized carbons (Fsp3) is 0.432. The monoisotopic (exact) mass is 1390 g/mol. The molecule has 104 heavy (non-hydrogen) atoms. The second-order valence-electron chi connectivity index (χ2n) is 31.4. The molecule has 538 valence electrons. The zero-order chi connectivity index (χ0) is 70.9. The van der Waals surface area contributed by atoms with Crippen LogP contribution in [0.2, 0.25) is 0 Å². The SMILES string of the molecule is Cc1ccc2c(c1)c1c(n2CC(O)c2ccc(C)nc2)CCN2CCCC12.Cc1ccc2c(c1)c1c(n2CC(O)c2cnc[nH]2)CCN2CCCC12.Cc1ccc2c(c1)c1c(n2CCc2ccc(C)nc2)CCN2CCCC12.Cc1cnc2c(c1)c1c(n2CCc2ccc(F)cc2)CCN2CCCC12. The van der Waals surface area contributed by atoms with Crippen LogP contribution in [0.5, 0.6) is 0 Å². The van der Waals surface area contributed by atoms with Gasteiger partial charge in [-0.2, -0.15) is 0 Å². The number of imidazole rings is 1. The Kier molecular flexibility index (Phi) is 19.1. The van der Waals surface area contributed by atoms with Gasteiger partial charge in [-0.05, 0) is 238 Å². The number of fused-ring (bicyclic) bond motifs is 20. The maximum Gasteiger partial charge on any atom is 0.140 e. The predicted octanol–water partition coefficient (Wildman–Crippen LogP) is 16.2. The Morgan fingerprint density at radius 2 is 0.856 bits per heavy atom. The molecule has 4 aromatic carbocycles. The molecule has 6 atom stereocenters. The van der Waals surface area contributed by atoms with Gasteiger partial charge in [0.1, 0.15) is 17.6 Å². The molecule has 16 heteroatoms. The standard InChI is InChI=1S/C23H27N3O.C23H27N3.C22H24FN3.C20H24N4O/c1-15-5-8-19-18(12-15)23-20-4-3-10-25(20)11-9-21(23)26(19)14-22(27)17-7-6-16(2)24-13-17;1-16-5-8-20-19(14-16)23-21-4-3-11-25(21)12-10-22(23)26(20)13-9-18-7-6-17(2)24-15-18;1-15-13-18-21-19-3-2-10-25(19)11-9-20(21)26(22(18)24-14-15)12-8-16-4-6-17(23)7-5-16;1-13-4-5-16-14(9-13)20-17-3-2-7-23(17)8-6-18(20)24(16)11-19(25)15-10-21-12-22-15/h5-8,12-13,20,22,27H,3-4,9-11,14H2,1-2H3;5-8,14-15,21H,3-4,9-13H2,1-2H3;4-7,13-14,19H,2-3,8-12H2,1H3;4-5,9-10,12,17,19,25H,2-3,6-8,11H2,1H3,(H,21,22). The molecule has 12 aromatic rings. The molecule has 0 amide bonds. The van der Waals surface area contributed by atoms with Crippen LogP contribution in [0.4, 0.5) is 4.39 Å². The van der Waals surface area contributed by atoms with Gasteiger partial charge in [0.15, 0.2) is 0 Å². The third-order valence-corrected chi connectivity index (χ3v) is 24.7. The van der Waals surface area contributed by atoms with Crippen LogP contribution in [0, 0.1) is 47.4 Å². The topological polar surface area (TPSA) is 140 Å². The van der Waals surface area contributed by atoms with Crippen molar-refractivity contribution in [2.75, 3.05) is 52.4 Å².